The summed E-state index contributed by atoms with van der Waals surface area (Å²) in [6, 6.07) is 11.9. The largest absolute Gasteiger partial charge is 0.347 e. The van der Waals surface area contributed by atoms with Crippen molar-refractivity contribution in [3.05, 3.63) is 63.1 Å². The molecule has 0 saturated carbocycles. The van der Waals surface area contributed by atoms with Crippen molar-refractivity contribution in [3.63, 3.8) is 0 Å². The predicted octanol–water partition coefficient (Wildman–Crippen LogP) is 3.94. The molecule has 0 bridgehead atoms. The number of carbonyl (C=O) groups is 2. The zero-order valence-corrected chi connectivity index (χ0v) is 14.2. The Bertz CT molecular complexity index is 735. The van der Waals surface area contributed by atoms with Crippen molar-refractivity contribution in [2.75, 3.05) is 11.9 Å². The first-order valence-electron chi connectivity index (χ1n) is 6.74. The molecule has 0 spiro atoms. The molecule has 0 aliphatic rings. The Labute approximate surface area is 148 Å². The number of carbonyl (C=O) groups excluding carboxylic acids is 2. The third kappa shape index (κ3) is 5.43. The number of rotatable bonds is 4. The van der Waals surface area contributed by atoms with Crippen LogP contribution in [-0.4, -0.2) is 18.4 Å². The van der Waals surface area contributed by atoms with Crippen LogP contribution in [0.4, 0.5) is 5.69 Å². The molecule has 0 unspecified atom stereocenters. The average Bonchev–Trinajstić information content (AvgIpc) is 2.51. The fourth-order valence-electron chi connectivity index (χ4n) is 1.87. The summed E-state index contributed by atoms with van der Waals surface area (Å²) in [5.41, 5.74) is 1.25. The molecule has 0 fully saturated rings. The Morgan fingerprint density at radius 2 is 1.65 bits per heavy atom. The first-order valence-corrected chi connectivity index (χ1v) is 7.88. The van der Waals surface area contributed by atoms with E-state index in [0.29, 0.717) is 28.0 Å². The van der Waals surface area contributed by atoms with Gasteiger partial charge in [-0.3, -0.25) is 9.59 Å². The van der Waals surface area contributed by atoms with Crippen LogP contribution in [0.15, 0.2) is 42.5 Å². The summed E-state index contributed by atoms with van der Waals surface area (Å²) in [5.74, 6) is -1.55. The molecule has 2 N–H and O–H groups in total. The number of benzene rings is 2. The minimum atomic E-state index is -0.805. The van der Waals surface area contributed by atoms with Gasteiger partial charge in [0.1, 0.15) is 0 Å². The van der Waals surface area contributed by atoms with Crippen LogP contribution in [0.25, 0.3) is 0 Å². The Hall–Kier alpha value is -1.75. The van der Waals surface area contributed by atoms with Gasteiger partial charge in [0.2, 0.25) is 0 Å². The van der Waals surface area contributed by atoms with Gasteiger partial charge in [-0.05, 0) is 42.3 Å². The van der Waals surface area contributed by atoms with E-state index in [1.54, 1.807) is 18.2 Å². The number of hydrogen-bond acceptors (Lipinski definition) is 2. The molecule has 0 radical (unpaired) electrons. The lowest BCUT2D eigenvalue weighted by Gasteiger charge is -2.08. The Kier molecular flexibility index (Phi) is 6.28. The fraction of sp³-hybridized carbons (Fsp3) is 0.125. The van der Waals surface area contributed by atoms with Crippen molar-refractivity contribution in [2.45, 2.75) is 6.42 Å². The molecule has 2 aromatic rings. The van der Waals surface area contributed by atoms with Crippen molar-refractivity contribution < 1.29 is 9.59 Å². The molecule has 2 amide bonds. The van der Waals surface area contributed by atoms with E-state index in [2.05, 4.69) is 10.6 Å². The quantitative estimate of drug-likeness (QED) is 0.800. The van der Waals surface area contributed by atoms with Gasteiger partial charge in [0.05, 0.1) is 10.7 Å². The van der Waals surface area contributed by atoms with Crippen molar-refractivity contribution in [3.8, 4) is 0 Å². The molecular formula is C16H13Cl3N2O2. The van der Waals surface area contributed by atoms with E-state index in [0.717, 1.165) is 5.56 Å². The average molecular weight is 372 g/mol. The normalized spacial score (nSPS) is 10.2. The molecule has 2 rings (SSSR count). The van der Waals surface area contributed by atoms with Crippen molar-refractivity contribution in [1.29, 1.82) is 0 Å². The van der Waals surface area contributed by atoms with Gasteiger partial charge in [-0.25, -0.2) is 0 Å². The molecule has 120 valence electrons. The Morgan fingerprint density at radius 1 is 0.913 bits per heavy atom. The molecule has 23 heavy (non-hydrogen) atoms. The second-order valence-electron chi connectivity index (χ2n) is 4.71. The highest BCUT2D eigenvalue weighted by molar-refractivity contribution is 6.42. The highest BCUT2D eigenvalue weighted by Crippen LogP contribution is 2.25. The van der Waals surface area contributed by atoms with E-state index in [4.69, 9.17) is 34.8 Å². The zero-order chi connectivity index (χ0) is 16.8. The lowest BCUT2D eigenvalue weighted by molar-refractivity contribution is -0.136. The molecule has 0 heterocycles. The van der Waals surface area contributed by atoms with Crippen LogP contribution in [0.1, 0.15) is 5.56 Å². The smallest absolute Gasteiger partial charge is 0.313 e. The number of anilines is 1. The van der Waals surface area contributed by atoms with E-state index in [-0.39, 0.29) is 5.69 Å². The van der Waals surface area contributed by atoms with Crippen LogP contribution in [0.2, 0.25) is 15.1 Å². The maximum atomic E-state index is 11.8. The molecule has 0 atom stereocenters. The SMILES string of the molecule is O=C(NCCc1cccc(Cl)c1)C(=O)Nc1cc(Cl)ccc1Cl. The van der Waals surface area contributed by atoms with Crippen LogP contribution in [-0.2, 0) is 16.0 Å². The highest BCUT2D eigenvalue weighted by Gasteiger charge is 2.14. The van der Waals surface area contributed by atoms with E-state index in [1.807, 2.05) is 12.1 Å². The van der Waals surface area contributed by atoms with Gasteiger partial charge in [0.25, 0.3) is 0 Å². The van der Waals surface area contributed by atoms with Crippen LogP contribution in [0, 0.1) is 0 Å². The number of nitrogens with one attached hydrogen (secondary N) is 2. The van der Waals surface area contributed by atoms with E-state index in [9.17, 15) is 9.59 Å². The second kappa shape index (κ2) is 8.20. The van der Waals surface area contributed by atoms with Gasteiger partial charge in [-0.1, -0.05) is 46.9 Å². The van der Waals surface area contributed by atoms with Gasteiger partial charge in [0.15, 0.2) is 0 Å². The lowest BCUT2D eigenvalue weighted by Crippen LogP contribution is -2.36. The Morgan fingerprint density at radius 3 is 2.39 bits per heavy atom. The van der Waals surface area contributed by atoms with E-state index >= 15 is 0 Å². The molecular weight excluding hydrogens is 359 g/mol. The van der Waals surface area contributed by atoms with Crippen LogP contribution in [0.5, 0.6) is 0 Å². The van der Waals surface area contributed by atoms with Gasteiger partial charge >= 0.3 is 11.8 Å². The molecule has 0 aliphatic heterocycles. The van der Waals surface area contributed by atoms with Crippen molar-refractivity contribution in [1.82, 2.24) is 5.32 Å². The summed E-state index contributed by atoms with van der Waals surface area (Å²) < 4.78 is 0. The van der Waals surface area contributed by atoms with Crippen molar-refractivity contribution >= 4 is 52.3 Å². The number of halogens is 3. The molecule has 7 heteroatoms. The standard InChI is InChI=1S/C16H13Cl3N2O2/c17-11-3-1-2-10(8-11)6-7-20-15(22)16(23)21-14-9-12(18)4-5-13(14)19/h1-5,8-9H,6-7H2,(H,20,22)(H,21,23). The number of hydrogen-bond donors (Lipinski definition) is 2. The predicted molar refractivity (Wildman–Crippen MR) is 93.3 cm³/mol. The molecule has 0 saturated heterocycles. The lowest BCUT2D eigenvalue weighted by atomic mass is 10.1. The van der Waals surface area contributed by atoms with Gasteiger partial charge in [-0.2, -0.15) is 0 Å². The third-order valence-corrected chi connectivity index (χ3v) is 3.77. The maximum Gasteiger partial charge on any atom is 0.313 e. The van der Waals surface area contributed by atoms with Crippen LogP contribution >= 0.6 is 34.8 Å². The zero-order valence-electron chi connectivity index (χ0n) is 11.9. The van der Waals surface area contributed by atoms with E-state index < -0.39 is 11.8 Å². The Balaban J connectivity index is 1.85. The van der Waals surface area contributed by atoms with Gasteiger partial charge in [0, 0.05) is 16.6 Å². The topological polar surface area (TPSA) is 58.2 Å². The summed E-state index contributed by atoms with van der Waals surface area (Å²) in [4.78, 5) is 23.6. The fourth-order valence-corrected chi connectivity index (χ4v) is 2.42. The molecule has 0 aromatic heterocycles. The third-order valence-electron chi connectivity index (χ3n) is 2.97. The summed E-state index contributed by atoms with van der Waals surface area (Å²) >= 11 is 17.6. The van der Waals surface area contributed by atoms with Crippen molar-refractivity contribution in [2.24, 2.45) is 0 Å². The summed E-state index contributed by atoms with van der Waals surface area (Å²) in [6.07, 6.45) is 0.567. The van der Waals surface area contributed by atoms with Gasteiger partial charge in [-0.15, -0.1) is 0 Å². The van der Waals surface area contributed by atoms with E-state index in [1.165, 1.54) is 12.1 Å². The second-order valence-corrected chi connectivity index (χ2v) is 5.99. The maximum absolute atomic E-state index is 11.8. The molecule has 4 nitrogen and oxygen atoms in total. The highest BCUT2D eigenvalue weighted by atomic mass is 35.5. The van der Waals surface area contributed by atoms with Crippen LogP contribution < -0.4 is 10.6 Å². The number of amides is 2. The summed E-state index contributed by atoms with van der Waals surface area (Å²) in [5, 5.41) is 6.29. The molecule has 0 aliphatic carbocycles. The minimum absolute atomic E-state index is 0.286. The van der Waals surface area contributed by atoms with Gasteiger partial charge < -0.3 is 10.6 Å². The summed E-state index contributed by atoms with van der Waals surface area (Å²) in [7, 11) is 0. The monoisotopic (exact) mass is 370 g/mol. The first kappa shape index (κ1) is 17.6. The summed E-state index contributed by atoms with van der Waals surface area (Å²) in [6.45, 7) is 0.315. The molecule has 2 aromatic carbocycles. The first-order chi connectivity index (χ1) is 11.0. The minimum Gasteiger partial charge on any atom is -0.347 e. The van der Waals surface area contributed by atoms with Crippen LogP contribution in [0.3, 0.4) is 0 Å².